The third kappa shape index (κ3) is 58.0. The summed E-state index contributed by atoms with van der Waals surface area (Å²) in [7, 11) is 0. The number of aliphatic hydroxyl groups is 1. The van der Waals surface area contributed by atoms with Crippen LogP contribution in [0.5, 0.6) is 0 Å². The number of carbonyl (C=O) groups is 2. The van der Waals surface area contributed by atoms with Gasteiger partial charge in [-0.1, -0.05) is 242 Å². The number of aliphatic hydroxyl groups excluding tert-OH is 1. The zero-order valence-electron chi connectivity index (χ0n) is 45.4. The average molecular weight is 978 g/mol. The van der Waals surface area contributed by atoms with Gasteiger partial charge in [0.1, 0.15) is 6.61 Å². The molecule has 398 valence electrons. The van der Waals surface area contributed by atoms with E-state index in [2.05, 4.69) is 172 Å². The van der Waals surface area contributed by atoms with Crippen LogP contribution >= 0.6 is 0 Å². The average Bonchev–Trinajstić information content (AvgIpc) is 3.37. The molecule has 0 saturated heterocycles. The third-order valence-electron chi connectivity index (χ3n) is 11.6. The Morgan fingerprint density at radius 2 is 0.606 bits per heavy atom. The van der Waals surface area contributed by atoms with Gasteiger partial charge < -0.3 is 14.6 Å². The minimum Gasteiger partial charge on any atom is -0.462 e. The Bertz CT molecular complexity index is 1570. The Labute approximate surface area is 437 Å². The second kappa shape index (κ2) is 59.8. The van der Waals surface area contributed by atoms with Gasteiger partial charge >= 0.3 is 11.9 Å². The molecule has 1 unspecified atom stereocenters. The van der Waals surface area contributed by atoms with Crippen LogP contribution in [0.4, 0.5) is 0 Å². The van der Waals surface area contributed by atoms with Crippen LogP contribution in [0.3, 0.4) is 0 Å². The lowest BCUT2D eigenvalue weighted by atomic mass is 10.1. The van der Waals surface area contributed by atoms with Crippen LogP contribution in [0.2, 0.25) is 0 Å². The first-order valence-electron chi connectivity index (χ1n) is 28.5. The van der Waals surface area contributed by atoms with Crippen molar-refractivity contribution in [2.75, 3.05) is 13.2 Å². The molecule has 0 aromatic carbocycles. The van der Waals surface area contributed by atoms with Crippen molar-refractivity contribution in [3.8, 4) is 0 Å². The maximum Gasteiger partial charge on any atom is 0.306 e. The van der Waals surface area contributed by atoms with Gasteiger partial charge in [-0.2, -0.15) is 0 Å². The molecule has 0 spiro atoms. The van der Waals surface area contributed by atoms with E-state index in [1.165, 1.54) is 70.6 Å². The van der Waals surface area contributed by atoms with Crippen LogP contribution in [0.15, 0.2) is 158 Å². The normalized spacial score (nSPS) is 13.5. The highest BCUT2D eigenvalue weighted by Gasteiger charge is 2.16. The largest absolute Gasteiger partial charge is 0.462 e. The van der Waals surface area contributed by atoms with Crippen molar-refractivity contribution in [1.29, 1.82) is 0 Å². The minimum absolute atomic E-state index is 0.0866. The van der Waals surface area contributed by atoms with E-state index in [9.17, 15) is 14.7 Å². The number of unbranched alkanes of at least 4 members (excludes halogenated alkanes) is 16. The molecule has 5 nitrogen and oxygen atoms in total. The molecule has 0 aromatic rings. The number of rotatable bonds is 50. The van der Waals surface area contributed by atoms with Gasteiger partial charge in [0.15, 0.2) is 6.10 Å². The third-order valence-corrected chi connectivity index (χ3v) is 11.6. The van der Waals surface area contributed by atoms with E-state index in [1.807, 2.05) is 0 Å². The number of ether oxygens (including phenoxy) is 2. The highest BCUT2D eigenvalue weighted by molar-refractivity contribution is 5.70. The quantitative estimate of drug-likeness (QED) is 0.0374. The summed E-state index contributed by atoms with van der Waals surface area (Å²) >= 11 is 0. The van der Waals surface area contributed by atoms with Crippen molar-refractivity contribution >= 4 is 11.9 Å². The van der Waals surface area contributed by atoms with Gasteiger partial charge in [0.25, 0.3) is 0 Å². The van der Waals surface area contributed by atoms with E-state index < -0.39 is 6.10 Å². The van der Waals surface area contributed by atoms with Crippen LogP contribution in [0.25, 0.3) is 0 Å². The summed E-state index contributed by atoms with van der Waals surface area (Å²) in [6.45, 7) is 3.98. The van der Waals surface area contributed by atoms with Crippen LogP contribution in [0.1, 0.15) is 226 Å². The van der Waals surface area contributed by atoms with E-state index in [4.69, 9.17) is 9.47 Å². The van der Waals surface area contributed by atoms with E-state index in [0.717, 1.165) is 128 Å². The van der Waals surface area contributed by atoms with Gasteiger partial charge in [-0.25, -0.2) is 0 Å². The lowest BCUT2D eigenvalue weighted by Crippen LogP contribution is -2.28. The summed E-state index contributed by atoms with van der Waals surface area (Å²) in [4.78, 5) is 24.5. The molecule has 0 heterocycles. The number of carbonyl (C=O) groups excluding carboxylic acids is 2. The highest BCUT2D eigenvalue weighted by Crippen LogP contribution is 2.13. The van der Waals surface area contributed by atoms with Gasteiger partial charge in [-0.15, -0.1) is 0 Å². The van der Waals surface area contributed by atoms with E-state index >= 15 is 0 Å². The molecule has 0 saturated carbocycles. The Morgan fingerprint density at radius 3 is 0.915 bits per heavy atom. The molecular formula is C66H104O5. The molecule has 0 aliphatic heterocycles. The first kappa shape index (κ1) is 66.5. The van der Waals surface area contributed by atoms with Gasteiger partial charge in [0.05, 0.1) is 6.61 Å². The second-order valence-electron chi connectivity index (χ2n) is 18.3. The number of esters is 2. The van der Waals surface area contributed by atoms with Crippen molar-refractivity contribution in [3.05, 3.63) is 158 Å². The first-order chi connectivity index (χ1) is 35.1. The SMILES string of the molecule is CC/C=C\C/C=C\C/C=C\C/C=C\C/C=C\C/C=C\C/C=C\C/C=C\C/C=C\C/C=C\C/C=C\CCCCCCCCCC(=O)OC(CO)COC(=O)CCCCCCC/C=C\C/C=C\CCCCCC. The van der Waals surface area contributed by atoms with E-state index in [1.54, 1.807) is 0 Å². The van der Waals surface area contributed by atoms with Crippen molar-refractivity contribution in [3.63, 3.8) is 0 Å². The lowest BCUT2D eigenvalue weighted by molar-refractivity contribution is -0.161. The molecule has 5 heteroatoms. The number of allylic oxidation sites excluding steroid dienone is 26. The molecule has 0 amide bonds. The fraction of sp³-hybridized carbons (Fsp3) is 0.576. The Balaban J connectivity index is 3.65. The topological polar surface area (TPSA) is 72.8 Å². The Morgan fingerprint density at radius 1 is 0.338 bits per heavy atom. The van der Waals surface area contributed by atoms with Crippen molar-refractivity contribution in [1.82, 2.24) is 0 Å². The Hall–Kier alpha value is -4.48. The standard InChI is InChI=1S/C66H104O5/c1-3-5-7-9-11-13-15-17-19-21-22-23-24-25-26-27-28-29-30-31-32-33-34-35-36-37-38-39-40-41-42-43-44-45-47-49-51-53-55-57-59-61-66(69)71-64(62-67)63-70-65(68)60-58-56-54-52-50-48-46-20-18-16-14-12-10-8-6-4-2/h5,7,11,13-14,16-17,19-20,22-23,25-26,28-29,31-32,34-35,37-38,40-41,43-44,46,64,67H,3-4,6,8-10,12,15,18,21,24,27,30,33,36,39,42,45,47-63H2,1-2H3/b7-5-,13-11-,16-14-,19-17-,23-22-,26-25-,29-28-,32-31-,35-34-,38-37-,41-40-,44-43-,46-20-. The second-order valence-corrected chi connectivity index (χ2v) is 18.3. The summed E-state index contributed by atoms with van der Waals surface area (Å²) in [5.74, 6) is -0.629. The van der Waals surface area contributed by atoms with E-state index in [-0.39, 0.29) is 25.2 Å². The zero-order valence-corrected chi connectivity index (χ0v) is 45.4. The van der Waals surface area contributed by atoms with Gasteiger partial charge in [-0.05, 0) is 128 Å². The molecule has 0 bridgehead atoms. The van der Waals surface area contributed by atoms with Crippen LogP contribution in [0, 0.1) is 0 Å². The summed E-state index contributed by atoms with van der Waals surface area (Å²) in [5, 5.41) is 9.63. The summed E-state index contributed by atoms with van der Waals surface area (Å²) in [5.41, 5.74) is 0. The predicted molar refractivity (Wildman–Crippen MR) is 310 cm³/mol. The predicted octanol–water partition coefficient (Wildman–Crippen LogP) is 19.6. The van der Waals surface area contributed by atoms with Crippen molar-refractivity contribution < 1.29 is 24.2 Å². The fourth-order valence-electron chi connectivity index (χ4n) is 7.29. The summed E-state index contributed by atoms with van der Waals surface area (Å²) in [6, 6.07) is 0. The van der Waals surface area contributed by atoms with Gasteiger partial charge in [0.2, 0.25) is 0 Å². The molecule has 0 rings (SSSR count). The molecule has 0 fully saturated rings. The van der Waals surface area contributed by atoms with Gasteiger partial charge in [0, 0.05) is 12.8 Å². The molecule has 0 radical (unpaired) electrons. The molecule has 0 aliphatic carbocycles. The van der Waals surface area contributed by atoms with Gasteiger partial charge in [-0.3, -0.25) is 9.59 Å². The van der Waals surface area contributed by atoms with E-state index in [0.29, 0.717) is 12.8 Å². The summed E-state index contributed by atoms with van der Waals surface area (Å²) < 4.78 is 10.7. The molecule has 0 aliphatic rings. The highest BCUT2D eigenvalue weighted by atomic mass is 16.6. The van der Waals surface area contributed by atoms with Crippen molar-refractivity contribution in [2.45, 2.75) is 232 Å². The van der Waals surface area contributed by atoms with Crippen molar-refractivity contribution in [2.24, 2.45) is 0 Å². The lowest BCUT2D eigenvalue weighted by Gasteiger charge is -2.15. The maximum absolute atomic E-state index is 12.3. The molecule has 0 aromatic heterocycles. The minimum atomic E-state index is -0.795. The first-order valence-corrected chi connectivity index (χ1v) is 28.5. The monoisotopic (exact) mass is 977 g/mol. The summed E-state index contributed by atoms with van der Waals surface area (Å²) in [6.07, 6.45) is 92.1. The van der Waals surface area contributed by atoms with Crippen LogP contribution in [-0.2, 0) is 19.1 Å². The number of hydrogen-bond acceptors (Lipinski definition) is 5. The molecule has 1 atom stereocenters. The number of hydrogen-bond donors (Lipinski definition) is 1. The zero-order chi connectivity index (χ0) is 51.3. The molecule has 1 N–H and O–H groups in total. The molecule has 71 heavy (non-hydrogen) atoms. The Kier molecular flexibility index (Phi) is 56.1. The smallest absolute Gasteiger partial charge is 0.306 e. The molecular weight excluding hydrogens is 873 g/mol. The fourth-order valence-corrected chi connectivity index (χ4v) is 7.29. The maximum atomic E-state index is 12.3. The van der Waals surface area contributed by atoms with Crippen LogP contribution < -0.4 is 0 Å². The van der Waals surface area contributed by atoms with Crippen LogP contribution in [-0.4, -0.2) is 36.4 Å².